The number of rotatable bonds is 6. The van der Waals surface area contributed by atoms with Crippen LogP contribution in [0.4, 0.5) is 0 Å². The van der Waals surface area contributed by atoms with Crippen LogP contribution in [-0.4, -0.2) is 27.5 Å². The van der Waals surface area contributed by atoms with Gasteiger partial charge < -0.3 is 30.7 Å². The molecule has 0 saturated carbocycles. The molecule has 0 aliphatic carbocycles. The minimum atomic E-state index is -0.0494. The summed E-state index contributed by atoms with van der Waals surface area (Å²) in [4.78, 5) is 0. The summed E-state index contributed by atoms with van der Waals surface area (Å²) >= 11 is 0. The predicted octanol–water partition coefficient (Wildman–Crippen LogP) is 2.20. The summed E-state index contributed by atoms with van der Waals surface area (Å²) in [7, 11) is 4.73. The highest BCUT2D eigenvalue weighted by atomic mass is 16.5. The average Bonchev–Trinajstić information content (AvgIpc) is 3.17. The van der Waals surface area contributed by atoms with E-state index in [1.54, 1.807) is 27.5 Å². The van der Waals surface area contributed by atoms with Crippen molar-refractivity contribution >= 4 is 11.9 Å². The lowest BCUT2D eigenvalue weighted by molar-refractivity contribution is 0.323. The molecule has 0 radical (unpaired) electrons. The summed E-state index contributed by atoms with van der Waals surface area (Å²) in [6, 6.07) is 11.9. The summed E-state index contributed by atoms with van der Waals surface area (Å²) in [5.41, 5.74) is 3.49. The molecule has 0 bridgehead atoms. The Morgan fingerprint density at radius 2 is 1.77 bits per heavy atom. The molecule has 0 saturated heterocycles. The maximum Gasteiger partial charge on any atom is 0.204 e. The van der Waals surface area contributed by atoms with E-state index < -0.39 is 0 Å². The number of benzene rings is 2. The van der Waals surface area contributed by atoms with Crippen LogP contribution in [0, 0.1) is 0 Å². The van der Waals surface area contributed by atoms with Crippen molar-refractivity contribution < 1.29 is 14.2 Å². The zero-order chi connectivity index (χ0) is 18.5. The summed E-state index contributed by atoms with van der Waals surface area (Å²) in [5.74, 6) is 6.98. The molecule has 1 heterocycles. The van der Waals surface area contributed by atoms with E-state index in [-0.39, 0.29) is 6.17 Å². The molecule has 7 nitrogen and oxygen atoms in total. The standard InChI is InChI=1S/C19H22N4O3/c1-24-15-9-13(10-22-20)16(18(26-3)17(15)25-2)14-11-21-19(23-14)12-7-5-4-6-8-12/h4-11,19,21,23H,20H2,1-3H3/b22-10+. The summed E-state index contributed by atoms with van der Waals surface area (Å²) in [6.07, 6.45) is 3.40. The van der Waals surface area contributed by atoms with Gasteiger partial charge >= 0.3 is 0 Å². The van der Waals surface area contributed by atoms with Crippen molar-refractivity contribution in [3.63, 3.8) is 0 Å². The van der Waals surface area contributed by atoms with Gasteiger partial charge in [0, 0.05) is 11.8 Å². The first kappa shape index (κ1) is 17.5. The second-order valence-corrected chi connectivity index (χ2v) is 5.60. The van der Waals surface area contributed by atoms with E-state index in [1.165, 1.54) is 0 Å². The highest BCUT2D eigenvalue weighted by Crippen LogP contribution is 2.44. The van der Waals surface area contributed by atoms with Crippen LogP contribution < -0.4 is 30.7 Å². The van der Waals surface area contributed by atoms with Crippen molar-refractivity contribution in [2.45, 2.75) is 6.17 Å². The number of nitrogens with two attached hydrogens (primary N) is 1. The molecule has 4 N–H and O–H groups in total. The Morgan fingerprint density at radius 1 is 1.04 bits per heavy atom. The van der Waals surface area contributed by atoms with Crippen LogP contribution in [0.1, 0.15) is 22.9 Å². The molecule has 0 fully saturated rings. The highest BCUT2D eigenvalue weighted by molar-refractivity contribution is 5.93. The highest BCUT2D eigenvalue weighted by Gasteiger charge is 2.26. The number of methoxy groups -OCH3 is 3. The first-order chi connectivity index (χ1) is 12.7. The molecule has 2 aromatic rings. The number of hydrogen-bond donors (Lipinski definition) is 3. The Kier molecular flexibility index (Phi) is 5.17. The van der Waals surface area contributed by atoms with Gasteiger partial charge in [-0.2, -0.15) is 5.10 Å². The molecular weight excluding hydrogens is 332 g/mol. The van der Waals surface area contributed by atoms with Crippen molar-refractivity contribution in [1.29, 1.82) is 0 Å². The summed E-state index contributed by atoms with van der Waals surface area (Å²) in [6.45, 7) is 0. The van der Waals surface area contributed by atoms with Gasteiger partial charge in [-0.1, -0.05) is 30.3 Å². The molecule has 7 heteroatoms. The van der Waals surface area contributed by atoms with Gasteiger partial charge in [-0.15, -0.1) is 0 Å². The van der Waals surface area contributed by atoms with Gasteiger partial charge in [0.25, 0.3) is 0 Å². The SMILES string of the molecule is COc1cc(/C=N/N)c(C2=CNC(c3ccccc3)N2)c(OC)c1OC. The summed E-state index contributed by atoms with van der Waals surface area (Å²) in [5, 5.41) is 10.5. The minimum absolute atomic E-state index is 0.0494. The van der Waals surface area contributed by atoms with Crippen LogP contribution in [0.25, 0.3) is 5.70 Å². The van der Waals surface area contributed by atoms with Gasteiger partial charge in [-0.3, -0.25) is 0 Å². The van der Waals surface area contributed by atoms with Crippen molar-refractivity contribution in [3.8, 4) is 17.2 Å². The van der Waals surface area contributed by atoms with Gasteiger partial charge in [0.15, 0.2) is 11.5 Å². The smallest absolute Gasteiger partial charge is 0.204 e. The van der Waals surface area contributed by atoms with Crippen LogP contribution >= 0.6 is 0 Å². The molecule has 3 rings (SSSR count). The maximum atomic E-state index is 5.63. The van der Waals surface area contributed by atoms with E-state index in [4.69, 9.17) is 20.1 Å². The van der Waals surface area contributed by atoms with E-state index in [2.05, 4.69) is 27.9 Å². The third-order valence-electron chi connectivity index (χ3n) is 4.17. The molecule has 0 spiro atoms. The monoisotopic (exact) mass is 354 g/mol. The van der Waals surface area contributed by atoms with Crippen molar-refractivity contribution in [1.82, 2.24) is 10.6 Å². The van der Waals surface area contributed by atoms with Gasteiger partial charge in [0.1, 0.15) is 6.17 Å². The van der Waals surface area contributed by atoms with Crippen molar-refractivity contribution in [2.75, 3.05) is 21.3 Å². The first-order valence-corrected chi connectivity index (χ1v) is 8.07. The Hall–Kier alpha value is -3.35. The molecule has 0 amide bonds. The van der Waals surface area contributed by atoms with Crippen LogP contribution in [0.3, 0.4) is 0 Å². The van der Waals surface area contributed by atoms with Crippen LogP contribution in [0.2, 0.25) is 0 Å². The zero-order valence-corrected chi connectivity index (χ0v) is 14.9. The quantitative estimate of drug-likeness (QED) is 0.419. The van der Waals surface area contributed by atoms with Gasteiger partial charge in [-0.25, -0.2) is 0 Å². The summed E-state index contributed by atoms with van der Waals surface area (Å²) < 4.78 is 16.5. The Morgan fingerprint density at radius 3 is 2.38 bits per heavy atom. The van der Waals surface area contributed by atoms with Gasteiger partial charge in [0.05, 0.1) is 38.8 Å². The lowest BCUT2D eigenvalue weighted by Gasteiger charge is -2.20. The van der Waals surface area contributed by atoms with E-state index in [0.29, 0.717) is 17.2 Å². The largest absolute Gasteiger partial charge is 0.493 e. The van der Waals surface area contributed by atoms with E-state index in [1.807, 2.05) is 30.5 Å². The Balaban J connectivity index is 2.06. The lowest BCUT2D eigenvalue weighted by Crippen LogP contribution is -2.22. The fourth-order valence-electron chi connectivity index (χ4n) is 3.01. The van der Waals surface area contributed by atoms with E-state index in [0.717, 1.165) is 22.4 Å². The Labute approximate surface area is 152 Å². The van der Waals surface area contributed by atoms with Crippen LogP contribution in [-0.2, 0) is 0 Å². The molecule has 2 aromatic carbocycles. The topological polar surface area (TPSA) is 90.1 Å². The van der Waals surface area contributed by atoms with Crippen LogP contribution in [0.5, 0.6) is 17.2 Å². The zero-order valence-electron chi connectivity index (χ0n) is 14.9. The van der Waals surface area contributed by atoms with Crippen LogP contribution in [0.15, 0.2) is 47.7 Å². The molecule has 1 aliphatic rings. The predicted molar refractivity (Wildman–Crippen MR) is 101 cm³/mol. The number of nitrogens with zero attached hydrogens (tertiary/aromatic N) is 1. The van der Waals surface area contributed by atoms with E-state index in [9.17, 15) is 0 Å². The van der Waals surface area contributed by atoms with Crippen molar-refractivity contribution in [3.05, 3.63) is 59.3 Å². The second kappa shape index (κ2) is 7.69. The average molecular weight is 354 g/mol. The van der Waals surface area contributed by atoms with E-state index >= 15 is 0 Å². The minimum Gasteiger partial charge on any atom is -0.493 e. The molecule has 136 valence electrons. The van der Waals surface area contributed by atoms with Gasteiger partial charge in [-0.05, 0) is 11.6 Å². The Bertz CT molecular complexity index is 834. The third-order valence-corrected chi connectivity index (χ3v) is 4.17. The first-order valence-electron chi connectivity index (χ1n) is 8.07. The lowest BCUT2D eigenvalue weighted by atomic mass is 10.0. The normalized spacial score (nSPS) is 16.0. The molecule has 1 unspecified atom stereocenters. The maximum absolute atomic E-state index is 5.63. The fraction of sp³-hybridized carbons (Fsp3) is 0.211. The van der Waals surface area contributed by atoms with Gasteiger partial charge in [0.2, 0.25) is 5.75 Å². The molecule has 0 aromatic heterocycles. The molecular formula is C19H22N4O3. The number of ether oxygens (including phenoxy) is 3. The molecule has 1 atom stereocenters. The fourth-order valence-corrected chi connectivity index (χ4v) is 3.01. The number of hydrazone groups is 1. The third kappa shape index (κ3) is 3.11. The number of hydrogen-bond acceptors (Lipinski definition) is 7. The van der Waals surface area contributed by atoms with Crippen molar-refractivity contribution in [2.24, 2.45) is 10.9 Å². The number of nitrogens with one attached hydrogen (secondary N) is 2. The second-order valence-electron chi connectivity index (χ2n) is 5.60. The molecule has 26 heavy (non-hydrogen) atoms. The molecule has 1 aliphatic heterocycles.